The molecule has 144 valence electrons. The number of hydrogen-bond acceptors (Lipinski definition) is 4. The van der Waals surface area contributed by atoms with Gasteiger partial charge in [0.25, 0.3) is 0 Å². The molecule has 0 radical (unpaired) electrons. The molecule has 1 aliphatic rings. The molecular formula is C20H24ClN3O3. The first-order valence-corrected chi connectivity index (χ1v) is 9.55. The fraction of sp³-hybridized carbons (Fsp3) is 0.400. The molecule has 2 aromatic rings. The number of amides is 2. The molecule has 0 spiro atoms. The van der Waals surface area contributed by atoms with Gasteiger partial charge in [-0.25, -0.2) is 0 Å². The predicted octanol–water partition coefficient (Wildman–Crippen LogP) is 2.37. The van der Waals surface area contributed by atoms with Crippen LogP contribution in [-0.2, 0) is 22.6 Å². The first kappa shape index (κ1) is 19.5. The Kier molecular flexibility index (Phi) is 6.90. The van der Waals surface area contributed by atoms with Crippen LogP contribution in [0.25, 0.3) is 0 Å². The smallest absolute Gasteiger partial charge is 0.237 e. The summed E-state index contributed by atoms with van der Waals surface area (Å²) in [5.41, 5.74) is 1.12. The molecule has 27 heavy (non-hydrogen) atoms. The first-order valence-electron chi connectivity index (χ1n) is 9.17. The van der Waals surface area contributed by atoms with Crippen molar-refractivity contribution in [2.45, 2.75) is 31.8 Å². The highest BCUT2D eigenvalue weighted by Crippen LogP contribution is 2.17. The highest BCUT2D eigenvalue weighted by molar-refractivity contribution is 6.30. The number of likely N-dealkylation sites (tertiary alicyclic amines) is 1. The normalized spacial score (nSPS) is 17.0. The van der Waals surface area contributed by atoms with Crippen molar-refractivity contribution in [3.63, 3.8) is 0 Å². The number of nitrogens with zero attached hydrogens (tertiary/aromatic N) is 1. The Balaban J connectivity index is 1.40. The summed E-state index contributed by atoms with van der Waals surface area (Å²) >= 11 is 5.87. The zero-order valence-electron chi connectivity index (χ0n) is 15.1. The van der Waals surface area contributed by atoms with Crippen LogP contribution in [0.3, 0.4) is 0 Å². The second kappa shape index (κ2) is 9.58. The van der Waals surface area contributed by atoms with Crippen LogP contribution in [0.1, 0.15) is 24.2 Å². The van der Waals surface area contributed by atoms with Crippen LogP contribution in [0, 0.1) is 0 Å². The van der Waals surface area contributed by atoms with E-state index in [1.807, 2.05) is 35.2 Å². The molecule has 1 atom stereocenters. The van der Waals surface area contributed by atoms with Gasteiger partial charge in [-0.2, -0.15) is 0 Å². The maximum absolute atomic E-state index is 12.4. The SMILES string of the molecule is O=C(CN1CCCC1C(=O)NCc1ccco1)NCCc1ccc(Cl)cc1. The second-order valence-corrected chi connectivity index (χ2v) is 7.09. The number of hydrogen-bond donors (Lipinski definition) is 2. The number of halogens is 1. The van der Waals surface area contributed by atoms with Gasteiger partial charge in [0.05, 0.1) is 25.4 Å². The minimum absolute atomic E-state index is 0.0575. The molecule has 6 nitrogen and oxygen atoms in total. The third-order valence-electron chi connectivity index (χ3n) is 4.68. The molecule has 1 aliphatic heterocycles. The fourth-order valence-electron chi connectivity index (χ4n) is 3.26. The highest BCUT2D eigenvalue weighted by atomic mass is 35.5. The molecule has 7 heteroatoms. The second-order valence-electron chi connectivity index (χ2n) is 6.65. The van der Waals surface area contributed by atoms with E-state index in [0.29, 0.717) is 23.9 Å². The lowest BCUT2D eigenvalue weighted by molar-refractivity contribution is -0.127. The van der Waals surface area contributed by atoms with Gasteiger partial charge < -0.3 is 15.1 Å². The number of furan rings is 1. The van der Waals surface area contributed by atoms with Gasteiger partial charge in [0, 0.05) is 11.6 Å². The van der Waals surface area contributed by atoms with E-state index >= 15 is 0 Å². The van der Waals surface area contributed by atoms with Crippen LogP contribution < -0.4 is 10.6 Å². The minimum atomic E-state index is -0.262. The molecular weight excluding hydrogens is 366 g/mol. The number of carbonyl (C=O) groups is 2. The summed E-state index contributed by atoms with van der Waals surface area (Å²) in [5.74, 6) is 0.598. The molecule has 0 saturated carbocycles. The van der Waals surface area contributed by atoms with E-state index in [-0.39, 0.29) is 24.4 Å². The minimum Gasteiger partial charge on any atom is -0.467 e. The van der Waals surface area contributed by atoms with Gasteiger partial charge in [-0.3, -0.25) is 14.5 Å². The van der Waals surface area contributed by atoms with Crippen molar-refractivity contribution in [3.05, 3.63) is 59.0 Å². The van der Waals surface area contributed by atoms with E-state index in [1.165, 1.54) is 0 Å². The van der Waals surface area contributed by atoms with Crippen LogP contribution in [-0.4, -0.2) is 42.4 Å². The maximum Gasteiger partial charge on any atom is 0.237 e. The predicted molar refractivity (Wildman–Crippen MR) is 103 cm³/mol. The number of benzene rings is 1. The van der Waals surface area contributed by atoms with Crippen molar-refractivity contribution >= 4 is 23.4 Å². The van der Waals surface area contributed by atoms with E-state index < -0.39 is 0 Å². The van der Waals surface area contributed by atoms with Crippen molar-refractivity contribution in [2.75, 3.05) is 19.6 Å². The van der Waals surface area contributed by atoms with E-state index in [9.17, 15) is 9.59 Å². The van der Waals surface area contributed by atoms with Crippen molar-refractivity contribution in [2.24, 2.45) is 0 Å². The van der Waals surface area contributed by atoms with Crippen LogP contribution in [0.4, 0.5) is 0 Å². The largest absolute Gasteiger partial charge is 0.467 e. The number of rotatable bonds is 8. The monoisotopic (exact) mass is 389 g/mol. The average Bonchev–Trinajstić information content (AvgIpc) is 3.33. The molecule has 3 rings (SSSR count). The van der Waals surface area contributed by atoms with Crippen molar-refractivity contribution < 1.29 is 14.0 Å². The van der Waals surface area contributed by atoms with Gasteiger partial charge in [0.1, 0.15) is 5.76 Å². The Morgan fingerprint density at radius 1 is 1.19 bits per heavy atom. The molecule has 1 aromatic carbocycles. The lowest BCUT2D eigenvalue weighted by Crippen LogP contribution is -2.47. The van der Waals surface area contributed by atoms with Crippen molar-refractivity contribution in [1.82, 2.24) is 15.5 Å². The molecule has 0 aliphatic carbocycles. The van der Waals surface area contributed by atoms with Gasteiger partial charge in [-0.15, -0.1) is 0 Å². The zero-order chi connectivity index (χ0) is 19.1. The Bertz CT molecular complexity index is 746. The summed E-state index contributed by atoms with van der Waals surface area (Å²) in [6, 6.07) is 10.9. The first-order chi connectivity index (χ1) is 13.1. The summed E-state index contributed by atoms with van der Waals surface area (Å²) in [7, 11) is 0. The van der Waals surface area contributed by atoms with E-state index in [2.05, 4.69) is 10.6 Å². The molecule has 1 unspecified atom stereocenters. The van der Waals surface area contributed by atoms with Crippen LogP contribution in [0.5, 0.6) is 0 Å². The molecule has 1 saturated heterocycles. The van der Waals surface area contributed by atoms with E-state index in [4.69, 9.17) is 16.0 Å². The van der Waals surface area contributed by atoms with Crippen LogP contribution >= 0.6 is 11.6 Å². The van der Waals surface area contributed by atoms with E-state index in [0.717, 1.165) is 31.4 Å². The summed E-state index contributed by atoms with van der Waals surface area (Å²) in [5, 5.41) is 6.51. The summed E-state index contributed by atoms with van der Waals surface area (Å²) < 4.78 is 5.23. The standard InChI is InChI=1S/C20H24ClN3O3/c21-16-7-5-15(6-8-16)9-10-22-19(25)14-24-11-1-4-18(24)20(26)23-13-17-3-2-12-27-17/h2-3,5-8,12,18H,1,4,9-11,13-14H2,(H,22,25)(H,23,26). The third kappa shape index (κ3) is 5.84. The Hall–Kier alpha value is -2.31. The fourth-order valence-corrected chi connectivity index (χ4v) is 3.38. The summed E-state index contributed by atoms with van der Waals surface area (Å²) in [4.78, 5) is 26.6. The molecule has 1 fully saturated rings. The molecule has 2 amide bonds. The third-order valence-corrected chi connectivity index (χ3v) is 4.93. The Labute approximate surface area is 163 Å². The van der Waals surface area contributed by atoms with E-state index in [1.54, 1.807) is 12.3 Å². The molecule has 0 bridgehead atoms. The summed E-state index contributed by atoms with van der Waals surface area (Å²) in [6.45, 7) is 1.91. The van der Waals surface area contributed by atoms with Crippen molar-refractivity contribution in [3.8, 4) is 0 Å². The van der Waals surface area contributed by atoms with Gasteiger partial charge in [0.15, 0.2) is 0 Å². The zero-order valence-corrected chi connectivity index (χ0v) is 15.9. The van der Waals surface area contributed by atoms with Gasteiger partial charge >= 0.3 is 0 Å². The number of nitrogens with one attached hydrogen (secondary N) is 2. The molecule has 2 N–H and O–H groups in total. The lowest BCUT2D eigenvalue weighted by Gasteiger charge is -2.23. The highest BCUT2D eigenvalue weighted by Gasteiger charge is 2.31. The quantitative estimate of drug-likeness (QED) is 0.726. The van der Waals surface area contributed by atoms with Crippen LogP contribution in [0.15, 0.2) is 47.1 Å². The van der Waals surface area contributed by atoms with Crippen LogP contribution in [0.2, 0.25) is 5.02 Å². The maximum atomic E-state index is 12.4. The summed E-state index contributed by atoms with van der Waals surface area (Å²) in [6.07, 6.45) is 4.01. The average molecular weight is 390 g/mol. The Morgan fingerprint density at radius 2 is 2.00 bits per heavy atom. The molecule has 1 aromatic heterocycles. The Morgan fingerprint density at radius 3 is 2.74 bits per heavy atom. The molecule has 2 heterocycles. The van der Waals surface area contributed by atoms with Gasteiger partial charge in [-0.05, 0) is 55.6 Å². The lowest BCUT2D eigenvalue weighted by atomic mass is 10.1. The van der Waals surface area contributed by atoms with Gasteiger partial charge in [0.2, 0.25) is 11.8 Å². The van der Waals surface area contributed by atoms with Crippen molar-refractivity contribution in [1.29, 1.82) is 0 Å². The topological polar surface area (TPSA) is 74.6 Å². The van der Waals surface area contributed by atoms with Gasteiger partial charge in [-0.1, -0.05) is 23.7 Å². The number of carbonyl (C=O) groups excluding carboxylic acids is 2.